The van der Waals surface area contributed by atoms with Gasteiger partial charge >= 0.3 is 0 Å². The SMILES string of the molecule is Cc1cc(F)cc2c1CN([C@H]1CCCC(=O)CC1=O)C2=O. The quantitative estimate of drug-likeness (QED) is 0.588. The molecule has 1 aliphatic carbocycles. The number of amides is 1. The Morgan fingerprint density at radius 2 is 2.00 bits per heavy atom. The van der Waals surface area contributed by atoms with Crippen LogP contribution in [0.1, 0.15) is 47.2 Å². The first-order chi connectivity index (χ1) is 9.97. The molecule has 21 heavy (non-hydrogen) atoms. The van der Waals surface area contributed by atoms with Gasteiger partial charge in [0.25, 0.3) is 5.91 Å². The van der Waals surface area contributed by atoms with Crippen molar-refractivity contribution in [1.29, 1.82) is 0 Å². The lowest BCUT2D eigenvalue weighted by atomic mass is 10.0. The van der Waals surface area contributed by atoms with E-state index in [0.717, 1.165) is 11.1 Å². The van der Waals surface area contributed by atoms with E-state index in [1.54, 1.807) is 6.92 Å². The number of halogens is 1. The van der Waals surface area contributed by atoms with Crippen molar-refractivity contribution in [3.05, 3.63) is 34.6 Å². The number of hydrogen-bond acceptors (Lipinski definition) is 3. The smallest absolute Gasteiger partial charge is 0.255 e. The number of carbonyl (C=O) groups excluding carboxylic acids is 3. The molecule has 4 nitrogen and oxygen atoms in total. The highest BCUT2D eigenvalue weighted by Gasteiger charge is 2.38. The van der Waals surface area contributed by atoms with Gasteiger partial charge in [0.1, 0.15) is 11.6 Å². The molecule has 2 aliphatic rings. The summed E-state index contributed by atoms with van der Waals surface area (Å²) in [5.41, 5.74) is 1.85. The molecule has 5 heteroatoms. The molecule has 0 N–H and O–H groups in total. The van der Waals surface area contributed by atoms with E-state index in [1.807, 2.05) is 0 Å². The fourth-order valence-electron chi connectivity index (χ4n) is 3.21. The average molecular weight is 289 g/mol. The molecule has 1 aromatic rings. The van der Waals surface area contributed by atoms with Crippen molar-refractivity contribution < 1.29 is 18.8 Å². The highest BCUT2D eigenvalue weighted by Crippen LogP contribution is 2.31. The van der Waals surface area contributed by atoms with Gasteiger partial charge in [-0.2, -0.15) is 0 Å². The minimum Gasteiger partial charge on any atom is -0.324 e. The molecule has 0 radical (unpaired) electrons. The molecule has 3 rings (SSSR count). The number of fused-ring (bicyclic) bond motifs is 1. The van der Waals surface area contributed by atoms with E-state index in [0.29, 0.717) is 31.4 Å². The largest absolute Gasteiger partial charge is 0.324 e. The van der Waals surface area contributed by atoms with Gasteiger partial charge in [-0.3, -0.25) is 14.4 Å². The first kappa shape index (κ1) is 13.9. The lowest BCUT2D eigenvalue weighted by molar-refractivity contribution is -0.128. The number of carbonyl (C=O) groups is 3. The summed E-state index contributed by atoms with van der Waals surface area (Å²) in [6.45, 7) is 2.09. The molecule has 1 aromatic carbocycles. The van der Waals surface area contributed by atoms with Gasteiger partial charge in [-0.15, -0.1) is 0 Å². The van der Waals surface area contributed by atoms with Crippen LogP contribution in [0.4, 0.5) is 4.39 Å². The first-order valence-corrected chi connectivity index (χ1v) is 7.12. The Bertz CT molecular complexity index is 653. The predicted octanol–water partition coefficient (Wildman–Crippen LogP) is 2.17. The summed E-state index contributed by atoms with van der Waals surface area (Å²) in [4.78, 5) is 37.6. The lowest BCUT2D eigenvalue weighted by Crippen LogP contribution is -2.41. The van der Waals surface area contributed by atoms with Gasteiger partial charge in [0.05, 0.1) is 12.5 Å². The van der Waals surface area contributed by atoms with Crippen molar-refractivity contribution in [3.63, 3.8) is 0 Å². The second-order valence-corrected chi connectivity index (χ2v) is 5.77. The Hall–Kier alpha value is -2.04. The van der Waals surface area contributed by atoms with Crippen LogP contribution in [-0.4, -0.2) is 28.4 Å². The van der Waals surface area contributed by atoms with Gasteiger partial charge < -0.3 is 4.90 Å². The summed E-state index contributed by atoms with van der Waals surface area (Å²) in [7, 11) is 0. The third kappa shape index (κ3) is 2.37. The van der Waals surface area contributed by atoms with E-state index in [1.165, 1.54) is 17.0 Å². The van der Waals surface area contributed by atoms with Gasteiger partial charge in [0, 0.05) is 18.5 Å². The molecule has 0 bridgehead atoms. The standard InChI is InChI=1S/C16H16FNO3/c1-9-5-10(17)6-12-13(9)8-18(16(12)21)14-4-2-3-11(19)7-15(14)20/h5-6,14H,2-4,7-8H2,1H3/t14-/m0/s1. The molecule has 1 amide bonds. The lowest BCUT2D eigenvalue weighted by Gasteiger charge is -2.25. The van der Waals surface area contributed by atoms with E-state index in [4.69, 9.17) is 0 Å². The molecule has 1 aliphatic heterocycles. The zero-order valence-corrected chi connectivity index (χ0v) is 11.8. The highest BCUT2D eigenvalue weighted by molar-refractivity contribution is 6.06. The van der Waals surface area contributed by atoms with Crippen molar-refractivity contribution in [3.8, 4) is 0 Å². The predicted molar refractivity (Wildman–Crippen MR) is 73.3 cm³/mol. The Labute approximate surface area is 121 Å². The van der Waals surface area contributed by atoms with Crippen molar-refractivity contribution in [2.24, 2.45) is 0 Å². The number of benzene rings is 1. The summed E-state index contributed by atoms with van der Waals surface area (Å²) in [5.74, 6) is -1.00. The summed E-state index contributed by atoms with van der Waals surface area (Å²) in [5, 5.41) is 0. The molecule has 0 saturated heterocycles. The maximum absolute atomic E-state index is 13.5. The maximum Gasteiger partial charge on any atom is 0.255 e. The van der Waals surface area contributed by atoms with Crippen molar-refractivity contribution in [2.75, 3.05) is 0 Å². The van der Waals surface area contributed by atoms with Gasteiger partial charge in [0.15, 0.2) is 5.78 Å². The number of rotatable bonds is 1. The summed E-state index contributed by atoms with van der Waals surface area (Å²) < 4.78 is 13.5. The Morgan fingerprint density at radius 3 is 2.76 bits per heavy atom. The van der Waals surface area contributed by atoms with Crippen LogP contribution in [-0.2, 0) is 16.1 Å². The molecule has 0 unspecified atom stereocenters. The summed E-state index contributed by atoms with van der Waals surface area (Å²) in [6.07, 6.45) is 1.41. The van der Waals surface area contributed by atoms with Crippen molar-refractivity contribution >= 4 is 17.5 Å². The molecule has 0 spiro atoms. The summed E-state index contributed by atoms with van der Waals surface area (Å²) in [6, 6.07) is 2.07. The topological polar surface area (TPSA) is 54.5 Å². The minimum atomic E-state index is -0.557. The Kier molecular flexibility index (Phi) is 3.35. The maximum atomic E-state index is 13.5. The number of hydrogen-bond donors (Lipinski definition) is 0. The van der Waals surface area contributed by atoms with Gasteiger partial charge in [0.2, 0.25) is 0 Å². The third-order valence-corrected chi connectivity index (χ3v) is 4.31. The molecule has 1 fully saturated rings. The molecule has 1 heterocycles. The van der Waals surface area contributed by atoms with Crippen LogP contribution in [0.5, 0.6) is 0 Å². The highest BCUT2D eigenvalue weighted by atomic mass is 19.1. The van der Waals surface area contributed by atoms with Crippen LogP contribution in [0.15, 0.2) is 12.1 Å². The van der Waals surface area contributed by atoms with Crippen molar-refractivity contribution in [1.82, 2.24) is 4.90 Å². The number of ketones is 2. The second kappa shape index (κ2) is 5.06. The van der Waals surface area contributed by atoms with E-state index < -0.39 is 11.9 Å². The van der Waals surface area contributed by atoms with E-state index in [-0.39, 0.29) is 23.9 Å². The van der Waals surface area contributed by atoms with Crippen LogP contribution >= 0.6 is 0 Å². The van der Waals surface area contributed by atoms with Crippen LogP contribution in [0, 0.1) is 12.7 Å². The molecule has 1 atom stereocenters. The van der Waals surface area contributed by atoms with Gasteiger partial charge in [-0.25, -0.2) is 4.39 Å². The normalized spacial score (nSPS) is 22.5. The van der Waals surface area contributed by atoms with E-state index >= 15 is 0 Å². The second-order valence-electron chi connectivity index (χ2n) is 5.77. The molecule has 110 valence electrons. The molecule has 1 saturated carbocycles. The van der Waals surface area contributed by atoms with Crippen LogP contribution in [0.25, 0.3) is 0 Å². The number of aryl methyl sites for hydroxylation is 1. The van der Waals surface area contributed by atoms with E-state index in [2.05, 4.69) is 0 Å². The monoisotopic (exact) mass is 289 g/mol. The van der Waals surface area contributed by atoms with Gasteiger partial charge in [-0.1, -0.05) is 0 Å². The first-order valence-electron chi connectivity index (χ1n) is 7.12. The van der Waals surface area contributed by atoms with E-state index in [9.17, 15) is 18.8 Å². The zero-order chi connectivity index (χ0) is 15.1. The molecule has 0 aromatic heterocycles. The third-order valence-electron chi connectivity index (χ3n) is 4.31. The summed E-state index contributed by atoms with van der Waals surface area (Å²) >= 11 is 0. The van der Waals surface area contributed by atoms with Crippen LogP contribution in [0.2, 0.25) is 0 Å². The van der Waals surface area contributed by atoms with Crippen molar-refractivity contribution in [2.45, 2.75) is 45.2 Å². The minimum absolute atomic E-state index is 0.0612. The molecular formula is C16H16FNO3. The molecular weight excluding hydrogens is 273 g/mol. The Morgan fingerprint density at radius 1 is 1.24 bits per heavy atom. The number of nitrogens with zero attached hydrogens (tertiary/aromatic N) is 1. The Balaban J connectivity index is 1.92. The fourth-order valence-corrected chi connectivity index (χ4v) is 3.21. The van der Waals surface area contributed by atoms with Crippen LogP contribution in [0.3, 0.4) is 0 Å². The fraction of sp³-hybridized carbons (Fsp3) is 0.438. The number of Topliss-reactive ketones (excluding diaryl/α,β-unsaturated/α-hetero) is 2. The van der Waals surface area contributed by atoms with Gasteiger partial charge in [-0.05, 0) is 43.0 Å². The average Bonchev–Trinajstić information content (AvgIpc) is 2.62. The zero-order valence-electron chi connectivity index (χ0n) is 11.8. The van der Waals surface area contributed by atoms with Crippen LogP contribution < -0.4 is 0 Å².